The monoisotopic (exact) mass is 424 g/mol. The maximum absolute atomic E-state index is 12.7. The Morgan fingerprint density at radius 3 is 2.35 bits per heavy atom. The number of amides is 2. The SMILES string of the molecule is CCOc1ccc(C(=O)N2CCC(NC(=O)c3cccc(OCC(C)C)c3)CC2)cc1. The zero-order valence-electron chi connectivity index (χ0n) is 18.6. The van der Waals surface area contributed by atoms with Crippen LogP contribution < -0.4 is 14.8 Å². The molecule has 0 unspecified atom stereocenters. The van der Waals surface area contributed by atoms with Gasteiger partial charge < -0.3 is 19.7 Å². The minimum atomic E-state index is -0.105. The highest BCUT2D eigenvalue weighted by Gasteiger charge is 2.25. The van der Waals surface area contributed by atoms with Gasteiger partial charge in [0.2, 0.25) is 0 Å². The quantitative estimate of drug-likeness (QED) is 0.691. The van der Waals surface area contributed by atoms with Gasteiger partial charge >= 0.3 is 0 Å². The molecule has 0 aromatic heterocycles. The van der Waals surface area contributed by atoms with Crippen molar-refractivity contribution < 1.29 is 19.1 Å². The summed E-state index contributed by atoms with van der Waals surface area (Å²) in [5, 5.41) is 3.10. The van der Waals surface area contributed by atoms with E-state index >= 15 is 0 Å². The number of rotatable bonds is 8. The minimum absolute atomic E-state index is 0.0165. The van der Waals surface area contributed by atoms with Gasteiger partial charge in [0, 0.05) is 30.3 Å². The summed E-state index contributed by atoms with van der Waals surface area (Å²) in [6, 6.07) is 14.6. The molecule has 0 radical (unpaired) electrons. The number of benzene rings is 2. The Balaban J connectivity index is 1.50. The van der Waals surface area contributed by atoms with Crippen molar-refractivity contribution in [1.82, 2.24) is 10.2 Å². The summed E-state index contributed by atoms with van der Waals surface area (Å²) in [6.45, 7) is 8.56. The first kappa shape index (κ1) is 22.7. The van der Waals surface area contributed by atoms with Crippen LogP contribution in [0, 0.1) is 5.92 Å². The zero-order chi connectivity index (χ0) is 22.2. The van der Waals surface area contributed by atoms with Crippen molar-refractivity contribution in [1.29, 1.82) is 0 Å². The highest BCUT2D eigenvalue weighted by molar-refractivity contribution is 5.95. The smallest absolute Gasteiger partial charge is 0.253 e. The average molecular weight is 425 g/mol. The molecule has 1 aliphatic rings. The molecular formula is C25H32N2O4. The third-order valence-corrected chi connectivity index (χ3v) is 5.21. The fraction of sp³-hybridized carbons (Fsp3) is 0.440. The molecule has 2 aromatic rings. The maximum Gasteiger partial charge on any atom is 0.253 e. The Bertz CT molecular complexity index is 871. The van der Waals surface area contributed by atoms with Crippen molar-refractivity contribution in [2.75, 3.05) is 26.3 Å². The third-order valence-electron chi connectivity index (χ3n) is 5.21. The topological polar surface area (TPSA) is 67.9 Å². The lowest BCUT2D eigenvalue weighted by Gasteiger charge is -2.32. The van der Waals surface area contributed by atoms with Crippen LogP contribution in [0.2, 0.25) is 0 Å². The Hall–Kier alpha value is -3.02. The summed E-state index contributed by atoms with van der Waals surface area (Å²) in [4.78, 5) is 27.3. The van der Waals surface area contributed by atoms with Crippen molar-refractivity contribution in [3.63, 3.8) is 0 Å². The zero-order valence-corrected chi connectivity index (χ0v) is 18.6. The van der Waals surface area contributed by atoms with E-state index < -0.39 is 0 Å². The van der Waals surface area contributed by atoms with Crippen LogP contribution >= 0.6 is 0 Å². The summed E-state index contributed by atoms with van der Waals surface area (Å²) in [6.07, 6.45) is 1.47. The van der Waals surface area contributed by atoms with Crippen molar-refractivity contribution in [3.05, 3.63) is 59.7 Å². The number of hydrogen-bond acceptors (Lipinski definition) is 4. The molecule has 1 saturated heterocycles. The van der Waals surface area contributed by atoms with Gasteiger partial charge in [-0.1, -0.05) is 19.9 Å². The Labute approximate surface area is 184 Å². The lowest BCUT2D eigenvalue weighted by atomic mass is 10.0. The van der Waals surface area contributed by atoms with E-state index in [-0.39, 0.29) is 17.9 Å². The number of ether oxygens (including phenoxy) is 2. The summed E-state index contributed by atoms with van der Waals surface area (Å²) >= 11 is 0. The van der Waals surface area contributed by atoms with Crippen molar-refractivity contribution in [2.45, 2.75) is 39.7 Å². The molecule has 2 aromatic carbocycles. The average Bonchev–Trinajstić information content (AvgIpc) is 2.78. The second-order valence-electron chi connectivity index (χ2n) is 8.23. The predicted molar refractivity (Wildman–Crippen MR) is 121 cm³/mol. The molecule has 1 fully saturated rings. The van der Waals surface area contributed by atoms with E-state index in [1.165, 1.54) is 0 Å². The van der Waals surface area contributed by atoms with E-state index in [2.05, 4.69) is 19.2 Å². The molecule has 2 amide bonds. The van der Waals surface area contributed by atoms with E-state index in [1.54, 1.807) is 24.3 Å². The van der Waals surface area contributed by atoms with Crippen LogP contribution in [-0.2, 0) is 0 Å². The first-order chi connectivity index (χ1) is 15.0. The van der Waals surface area contributed by atoms with Crippen molar-refractivity contribution in [3.8, 4) is 11.5 Å². The number of nitrogens with zero attached hydrogens (tertiary/aromatic N) is 1. The van der Waals surface area contributed by atoms with Gasteiger partial charge in [0.1, 0.15) is 11.5 Å². The summed E-state index contributed by atoms with van der Waals surface area (Å²) < 4.78 is 11.2. The molecule has 166 valence electrons. The van der Waals surface area contributed by atoms with Gasteiger partial charge in [0.15, 0.2) is 0 Å². The van der Waals surface area contributed by atoms with Crippen LogP contribution in [0.1, 0.15) is 54.3 Å². The predicted octanol–water partition coefficient (Wildman–Crippen LogP) is 4.15. The number of hydrogen-bond donors (Lipinski definition) is 1. The first-order valence-electron chi connectivity index (χ1n) is 11.0. The van der Waals surface area contributed by atoms with Gasteiger partial charge in [-0.3, -0.25) is 9.59 Å². The standard InChI is InChI=1S/C25H32N2O4/c1-4-30-22-10-8-19(9-11-22)25(29)27-14-12-21(13-15-27)26-24(28)20-6-5-7-23(16-20)31-17-18(2)3/h5-11,16,18,21H,4,12-15,17H2,1-3H3,(H,26,28). The second kappa shape index (κ2) is 10.8. The van der Waals surface area contributed by atoms with Gasteiger partial charge in [-0.15, -0.1) is 0 Å². The molecule has 6 nitrogen and oxygen atoms in total. The highest BCUT2D eigenvalue weighted by Crippen LogP contribution is 2.19. The molecular weight excluding hydrogens is 392 g/mol. The van der Waals surface area contributed by atoms with E-state index in [0.717, 1.165) is 18.6 Å². The summed E-state index contributed by atoms with van der Waals surface area (Å²) in [5.41, 5.74) is 1.25. The summed E-state index contributed by atoms with van der Waals surface area (Å²) in [5.74, 6) is 1.80. The lowest BCUT2D eigenvalue weighted by molar-refractivity contribution is 0.0698. The summed E-state index contributed by atoms with van der Waals surface area (Å²) in [7, 11) is 0. The molecule has 0 saturated carbocycles. The molecule has 0 spiro atoms. The van der Waals surface area contributed by atoms with Crippen LogP contribution in [0.3, 0.4) is 0 Å². The second-order valence-corrected chi connectivity index (χ2v) is 8.23. The molecule has 1 N–H and O–H groups in total. The Kier molecular flexibility index (Phi) is 7.93. The van der Waals surface area contributed by atoms with Gasteiger partial charge in [0.25, 0.3) is 11.8 Å². The molecule has 1 heterocycles. The van der Waals surface area contributed by atoms with Gasteiger partial charge in [-0.25, -0.2) is 0 Å². The minimum Gasteiger partial charge on any atom is -0.494 e. The first-order valence-corrected chi connectivity index (χ1v) is 11.0. The molecule has 31 heavy (non-hydrogen) atoms. The fourth-order valence-electron chi connectivity index (χ4n) is 3.53. The number of nitrogens with one attached hydrogen (secondary N) is 1. The third kappa shape index (κ3) is 6.48. The van der Waals surface area contributed by atoms with Crippen molar-refractivity contribution in [2.24, 2.45) is 5.92 Å². The molecule has 0 bridgehead atoms. The highest BCUT2D eigenvalue weighted by atomic mass is 16.5. The van der Waals surface area contributed by atoms with E-state index in [0.29, 0.717) is 49.1 Å². The lowest BCUT2D eigenvalue weighted by Crippen LogP contribution is -2.46. The number of likely N-dealkylation sites (tertiary alicyclic amines) is 1. The largest absolute Gasteiger partial charge is 0.494 e. The van der Waals surface area contributed by atoms with Gasteiger partial charge in [-0.2, -0.15) is 0 Å². The molecule has 6 heteroatoms. The fourth-order valence-corrected chi connectivity index (χ4v) is 3.53. The van der Waals surface area contributed by atoms with E-state index in [1.807, 2.05) is 36.1 Å². The van der Waals surface area contributed by atoms with Gasteiger partial charge in [0.05, 0.1) is 13.2 Å². The van der Waals surface area contributed by atoms with Gasteiger partial charge in [-0.05, 0) is 68.1 Å². The molecule has 1 aliphatic heterocycles. The molecule has 3 rings (SSSR count). The number of carbonyl (C=O) groups is 2. The Morgan fingerprint density at radius 2 is 1.71 bits per heavy atom. The van der Waals surface area contributed by atoms with E-state index in [9.17, 15) is 9.59 Å². The van der Waals surface area contributed by atoms with Crippen LogP contribution in [0.4, 0.5) is 0 Å². The van der Waals surface area contributed by atoms with E-state index in [4.69, 9.17) is 9.47 Å². The number of carbonyl (C=O) groups excluding carboxylic acids is 2. The van der Waals surface area contributed by atoms with Crippen LogP contribution in [0.15, 0.2) is 48.5 Å². The van der Waals surface area contributed by atoms with Crippen LogP contribution in [0.25, 0.3) is 0 Å². The number of piperidine rings is 1. The molecule has 0 atom stereocenters. The normalized spacial score (nSPS) is 14.4. The van der Waals surface area contributed by atoms with Crippen LogP contribution in [0.5, 0.6) is 11.5 Å². The maximum atomic E-state index is 12.7. The van der Waals surface area contributed by atoms with Crippen LogP contribution in [-0.4, -0.2) is 49.1 Å². The van der Waals surface area contributed by atoms with Crippen molar-refractivity contribution >= 4 is 11.8 Å². The Morgan fingerprint density at radius 1 is 1.00 bits per heavy atom. The molecule has 0 aliphatic carbocycles.